The molecule has 8 heteroatoms. The molecule has 1 aromatic rings. The highest BCUT2D eigenvalue weighted by atomic mass is 35.5. The molecule has 24 heavy (non-hydrogen) atoms. The van der Waals surface area contributed by atoms with Gasteiger partial charge in [0, 0.05) is 17.6 Å². The molecule has 0 bridgehead atoms. The van der Waals surface area contributed by atoms with Crippen molar-refractivity contribution in [2.45, 2.75) is 11.6 Å². The van der Waals surface area contributed by atoms with E-state index in [0.29, 0.717) is 5.02 Å². The molecule has 3 rings (SSSR count). The van der Waals surface area contributed by atoms with Crippen molar-refractivity contribution in [1.29, 1.82) is 0 Å². The Labute approximate surface area is 143 Å². The normalized spacial score (nSPS) is 32.2. The molecule has 3 N–H and O–H groups in total. The van der Waals surface area contributed by atoms with Crippen molar-refractivity contribution in [2.75, 3.05) is 20.8 Å². The van der Waals surface area contributed by atoms with Crippen LogP contribution in [0, 0.1) is 11.8 Å². The van der Waals surface area contributed by atoms with Crippen molar-refractivity contribution in [1.82, 2.24) is 4.90 Å². The molecule has 2 saturated heterocycles. The highest BCUT2D eigenvalue weighted by Crippen LogP contribution is 2.43. The topological polar surface area (TPSA) is 101 Å². The average molecular weight is 354 g/mol. The number of rotatable bonds is 3. The van der Waals surface area contributed by atoms with E-state index in [2.05, 4.69) is 0 Å². The van der Waals surface area contributed by atoms with Gasteiger partial charge in [-0.1, -0.05) is 23.7 Å². The predicted molar refractivity (Wildman–Crippen MR) is 82.7 cm³/mol. The zero-order valence-corrected chi connectivity index (χ0v) is 14.0. The van der Waals surface area contributed by atoms with E-state index in [1.807, 2.05) is 0 Å². The number of hydrogen-bond acceptors (Lipinski definition) is 5. The van der Waals surface area contributed by atoms with Crippen LogP contribution in [0.4, 0.5) is 0 Å². The number of aliphatic hydroxyl groups is 1. The Balaban J connectivity index is 2.12. The third kappa shape index (κ3) is 2.16. The van der Waals surface area contributed by atoms with Crippen LogP contribution in [0.3, 0.4) is 0 Å². The first-order chi connectivity index (χ1) is 11.4. The number of carbonyl (C=O) groups is 3. The van der Waals surface area contributed by atoms with Crippen LogP contribution < -0.4 is 5.32 Å². The van der Waals surface area contributed by atoms with Crippen molar-refractivity contribution in [3.63, 3.8) is 0 Å². The maximum Gasteiger partial charge on any atom is 0.371 e. The zero-order valence-electron chi connectivity index (χ0n) is 13.2. The number of methoxy groups -OCH3 is 1. The first-order valence-electron chi connectivity index (χ1n) is 7.49. The highest BCUT2D eigenvalue weighted by Gasteiger charge is 2.72. The monoisotopic (exact) mass is 353 g/mol. The van der Waals surface area contributed by atoms with Crippen LogP contribution in [0.5, 0.6) is 0 Å². The Morgan fingerprint density at radius 3 is 2.50 bits per heavy atom. The van der Waals surface area contributed by atoms with E-state index in [1.54, 1.807) is 29.6 Å². The Kier molecular flexibility index (Phi) is 4.11. The molecule has 0 aliphatic carbocycles. The van der Waals surface area contributed by atoms with Gasteiger partial charge in [-0.3, -0.25) is 14.5 Å². The molecule has 2 heterocycles. The molecule has 0 spiro atoms. The number of likely N-dealkylation sites (tertiary alicyclic amines) is 1. The Hall–Kier alpha value is -1.96. The summed E-state index contributed by atoms with van der Waals surface area (Å²) in [5.74, 6) is -3.26. The number of benzene rings is 1. The molecule has 128 valence electrons. The van der Waals surface area contributed by atoms with Crippen LogP contribution in [0.25, 0.3) is 0 Å². The van der Waals surface area contributed by atoms with Gasteiger partial charge >= 0.3 is 5.97 Å². The lowest BCUT2D eigenvalue weighted by Crippen LogP contribution is -2.99. The predicted octanol–water partition coefficient (Wildman–Crippen LogP) is -0.907. The Morgan fingerprint density at radius 2 is 1.96 bits per heavy atom. The number of ether oxygens (including phenoxy) is 1. The first-order valence-corrected chi connectivity index (χ1v) is 7.87. The van der Waals surface area contributed by atoms with Gasteiger partial charge in [0.15, 0.2) is 0 Å². The molecule has 0 radical (unpaired) electrons. The Bertz CT molecular complexity index is 707. The number of imide groups is 1. The van der Waals surface area contributed by atoms with Crippen LogP contribution >= 0.6 is 11.6 Å². The van der Waals surface area contributed by atoms with Gasteiger partial charge in [0.1, 0.15) is 24.5 Å². The van der Waals surface area contributed by atoms with Gasteiger partial charge in [-0.25, -0.2) is 4.79 Å². The fourth-order valence-electron chi connectivity index (χ4n) is 3.86. The summed E-state index contributed by atoms with van der Waals surface area (Å²) in [6, 6.07) is 6.38. The minimum atomic E-state index is -1.53. The SMILES string of the molecule is COC(=O)[C@]1(CO)[NH2+][C@H](c2ccc(Cl)cc2)[C@@H]2C(=O)N(C)C(=O)[C@H]21. The maximum absolute atomic E-state index is 12.6. The number of amides is 2. The quantitative estimate of drug-likeness (QED) is 0.541. The summed E-state index contributed by atoms with van der Waals surface area (Å²) in [7, 11) is 2.59. The molecule has 2 aliphatic heterocycles. The fraction of sp³-hybridized carbons (Fsp3) is 0.438. The van der Waals surface area contributed by atoms with Crippen molar-refractivity contribution in [3.8, 4) is 0 Å². The maximum atomic E-state index is 12.6. The second-order valence-corrected chi connectivity index (χ2v) is 6.61. The number of nitrogens with two attached hydrogens (primary N) is 1. The lowest BCUT2D eigenvalue weighted by molar-refractivity contribution is -0.735. The fourth-order valence-corrected chi connectivity index (χ4v) is 3.98. The van der Waals surface area contributed by atoms with Crippen LogP contribution in [-0.4, -0.2) is 54.1 Å². The van der Waals surface area contributed by atoms with E-state index in [-0.39, 0.29) is 5.91 Å². The molecule has 1 aromatic carbocycles. The molecule has 2 amide bonds. The number of nitrogens with zero attached hydrogens (tertiary/aromatic N) is 1. The van der Waals surface area contributed by atoms with Crippen molar-refractivity contribution in [2.24, 2.45) is 11.8 Å². The summed E-state index contributed by atoms with van der Waals surface area (Å²) in [5, 5.41) is 12.1. The van der Waals surface area contributed by atoms with Gasteiger partial charge < -0.3 is 15.2 Å². The molecular weight excluding hydrogens is 336 g/mol. The highest BCUT2D eigenvalue weighted by molar-refractivity contribution is 6.30. The second-order valence-electron chi connectivity index (χ2n) is 6.17. The molecular formula is C16H18ClN2O5+. The number of carbonyl (C=O) groups excluding carboxylic acids is 3. The van der Waals surface area contributed by atoms with Gasteiger partial charge in [0.2, 0.25) is 17.4 Å². The van der Waals surface area contributed by atoms with E-state index >= 15 is 0 Å². The molecule has 0 saturated carbocycles. The lowest BCUT2D eigenvalue weighted by Gasteiger charge is -2.26. The molecule has 2 fully saturated rings. The van der Waals surface area contributed by atoms with Gasteiger partial charge in [-0.15, -0.1) is 0 Å². The number of quaternary nitrogens is 1. The summed E-state index contributed by atoms with van der Waals surface area (Å²) in [5.41, 5.74) is -0.772. The third-order valence-corrected chi connectivity index (χ3v) is 5.32. The number of hydrogen-bond donors (Lipinski definition) is 2. The van der Waals surface area contributed by atoms with Crippen molar-refractivity contribution >= 4 is 29.4 Å². The zero-order chi connectivity index (χ0) is 17.6. The molecule has 7 nitrogen and oxygen atoms in total. The molecule has 2 aliphatic rings. The van der Waals surface area contributed by atoms with Gasteiger partial charge in [0.25, 0.3) is 0 Å². The van der Waals surface area contributed by atoms with E-state index in [1.165, 1.54) is 14.2 Å². The average Bonchev–Trinajstić information content (AvgIpc) is 3.05. The summed E-state index contributed by atoms with van der Waals surface area (Å²) < 4.78 is 4.83. The number of esters is 1. The van der Waals surface area contributed by atoms with Crippen LogP contribution in [0.15, 0.2) is 24.3 Å². The summed E-state index contributed by atoms with van der Waals surface area (Å²) in [6.45, 7) is -0.599. The van der Waals surface area contributed by atoms with Crippen LogP contribution in [0.1, 0.15) is 11.6 Å². The number of halogens is 1. The van der Waals surface area contributed by atoms with Crippen LogP contribution in [0.2, 0.25) is 5.02 Å². The van der Waals surface area contributed by atoms with Crippen molar-refractivity contribution in [3.05, 3.63) is 34.9 Å². The van der Waals surface area contributed by atoms with Gasteiger partial charge in [-0.2, -0.15) is 0 Å². The smallest absolute Gasteiger partial charge is 0.371 e. The molecule has 4 atom stereocenters. The minimum Gasteiger partial charge on any atom is -0.464 e. The van der Waals surface area contributed by atoms with E-state index in [9.17, 15) is 19.5 Å². The number of fused-ring (bicyclic) bond motifs is 1. The standard InChI is InChI=1S/C16H17ClN2O5/c1-19-13(21)10-11(14(19)22)16(7-20,15(23)24-2)18-12(10)8-3-5-9(17)6-4-8/h3-6,10-12,18,20H,7H2,1-2H3/p+1/t10-,11+,12-,16-/m1/s1. The van der Waals surface area contributed by atoms with Gasteiger partial charge in [0.05, 0.1) is 7.11 Å². The molecule has 0 unspecified atom stereocenters. The van der Waals surface area contributed by atoms with Crippen LogP contribution in [-0.2, 0) is 19.1 Å². The second kappa shape index (κ2) is 5.84. The number of aliphatic hydroxyl groups excluding tert-OH is 1. The minimum absolute atomic E-state index is 0.361. The van der Waals surface area contributed by atoms with E-state index < -0.39 is 41.9 Å². The Morgan fingerprint density at radius 1 is 1.33 bits per heavy atom. The van der Waals surface area contributed by atoms with E-state index in [4.69, 9.17) is 16.3 Å². The summed E-state index contributed by atoms with van der Waals surface area (Å²) >= 11 is 5.91. The van der Waals surface area contributed by atoms with Gasteiger partial charge in [-0.05, 0) is 12.1 Å². The lowest BCUT2D eigenvalue weighted by atomic mass is 9.79. The largest absolute Gasteiger partial charge is 0.464 e. The molecule has 0 aromatic heterocycles. The third-order valence-electron chi connectivity index (χ3n) is 5.07. The van der Waals surface area contributed by atoms with E-state index in [0.717, 1.165) is 10.5 Å². The summed E-state index contributed by atoms with van der Waals surface area (Å²) in [6.07, 6.45) is 0. The first kappa shape index (κ1) is 16.9. The van der Waals surface area contributed by atoms with Crippen molar-refractivity contribution < 1.29 is 29.5 Å². The summed E-state index contributed by atoms with van der Waals surface area (Å²) in [4.78, 5) is 38.6.